The molecule has 0 aliphatic heterocycles. The fraction of sp³-hybridized carbons (Fsp3) is 0.136. The van der Waals surface area contributed by atoms with Crippen LogP contribution < -0.4 is 15.6 Å². The Hall–Kier alpha value is -3.28. The predicted octanol–water partition coefficient (Wildman–Crippen LogP) is 3.94. The van der Waals surface area contributed by atoms with E-state index in [2.05, 4.69) is 20.6 Å². The van der Waals surface area contributed by atoms with E-state index in [1.54, 1.807) is 22.8 Å². The van der Waals surface area contributed by atoms with E-state index in [1.807, 2.05) is 24.3 Å². The Morgan fingerprint density at radius 2 is 1.73 bits per heavy atom. The summed E-state index contributed by atoms with van der Waals surface area (Å²) < 4.78 is 28.3. The molecule has 0 bridgehead atoms. The molecule has 2 heterocycles. The predicted molar refractivity (Wildman–Crippen MR) is 130 cm³/mol. The number of nitrogens with one attached hydrogen (secondary N) is 3. The van der Waals surface area contributed by atoms with Gasteiger partial charge in [-0.1, -0.05) is 18.2 Å². The molecule has 0 aliphatic carbocycles. The van der Waals surface area contributed by atoms with E-state index < -0.39 is 15.9 Å². The number of carbonyl (C=O) groups excluding carboxylic acids is 2. The molecule has 11 heteroatoms. The lowest BCUT2D eigenvalue weighted by molar-refractivity contribution is -0.121. The van der Waals surface area contributed by atoms with E-state index in [0.717, 1.165) is 26.6 Å². The molecule has 33 heavy (non-hydrogen) atoms. The van der Waals surface area contributed by atoms with Gasteiger partial charge < -0.3 is 0 Å². The van der Waals surface area contributed by atoms with Gasteiger partial charge in [0.05, 0.1) is 15.2 Å². The van der Waals surface area contributed by atoms with Gasteiger partial charge in [-0.2, -0.15) is 0 Å². The molecular formula is C22H20N4O4S3. The quantitative estimate of drug-likeness (QED) is 0.317. The molecule has 170 valence electrons. The number of thiophene rings is 1. The highest BCUT2D eigenvalue weighted by Crippen LogP contribution is 2.23. The molecule has 0 aliphatic rings. The lowest BCUT2D eigenvalue weighted by atomic mass is 10.2. The summed E-state index contributed by atoms with van der Waals surface area (Å²) in [6.45, 7) is 0. The Morgan fingerprint density at radius 3 is 2.45 bits per heavy atom. The average Bonchev–Trinajstić information content (AvgIpc) is 3.48. The molecule has 0 spiro atoms. The number of hydrogen-bond donors (Lipinski definition) is 3. The normalized spacial score (nSPS) is 11.3. The van der Waals surface area contributed by atoms with Crippen molar-refractivity contribution >= 4 is 60.4 Å². The second-order valence-electron chi connectivity index (χ2n) is 7.05. The van der Waals surface area contributed by atoms with Gasteiger partial charge in [0, 0.05) is 17.7 Å². The van der Waals surface area contributed by atoms with Crippen molar-refractivity contribution in [1.29, 1.82) is 0 Å². The minimum atomic E-state index is -3.65. The highest BCUT2D eigenvalue weighted by atomic mass is 32.2. The smallest absolute Gasteiger partial charge is 0.271 e. The molecule has 4 aromatic rings. The highest BCUT2D eigenvalue weighted by molar-refractivity contribution is 7.94. The van der Waals surface area contributed by atoms with Gasteiger partial charge in [0.15, 0.2) is 0 Å². The van der Waals surface area contributed by atoms with Crippen molar-refractivity contribution in [2.24, 2.45) is 0 Å². The number of rotatable bonds is 8. The molecular weight excluding hydrogens is 480 g/mol. The first-order valence-electron chi connectivity index (χ1n) is 10.0. The number of anilines is 1. The van der Waals surface area contributed by atoms with E-state index >= 15 is 0 Å². The van der Waals surface area contributed by atoms with Crippen LogP contribution in [0.1, 0.15) is 28.2 Å². The minimum Gasteiger partial charge on any atom is -0.279 e. The third-order valence-electron chi connectivity index (χ3n) is 4.61. The maximum atomic E-state index is 12.3. The van der Waals surface area contributed by atoms with Crippen LogP contribution in [0.25, 0.3) is 10.2 Å². The standard InChI is InChI=1S/C22H20N4O4S3/c27-19(7-3-8-20-23-17-5-1-2-6-18(17)32-20)24-25-22(28)15-10-12-16(13-11-15)26-33(29,30)21-9-4-14-31-21/h1-2,4-6,9-14,26H,3,7-8H2,(H,24,27)(H,25,28). The van der Waals surface area contributed by atoms with Crippen LogP contribution in [0.3, 0.4) is 0 Å². The van der Waals surface area contributed by atoms with Crippen LogP contribution >= 0.6 is 22.7 Å². The maximum Gasteiger partial charge on any atom is 0.271 e. The Kier molecular flexibility index (Phi) is 7.02. The first-order valence-corrected chi connectivity index (χ1v) is 13.2. The third-order valence-corrected chi connectivity index (χ3v) is 8.48. The fourth-order valence-corrected chi connectivity index (χ4v) is 6.06. The number of aromatic nitrogens is 1. The number of aryl methyl sites for hydroxylation is 1. The summed E-state index contributed by atoms with van der Waals surface area (Å²) >= 11 is 2.73. The molecule has 8 nitrogen and oxygen atoms in total. The van der Waals surface area contributed by atoms with E-state index in [9.17, 15) is 18.0 Å². The van der Waals surface area contributed by atoms with E-state index in [4.69, 9.17) is 0 Å². The second kappa shape index (κ2) is 10.1. The van der Waals surface area contributed by atoms with Crippen LogP contribution in [-0.2, 0) is 21.2 Å². The van der Waals surface area contributed by atoms with Crippen LogP contribution in [0.5, 0.6) is 0 Å². The van der Waals surface area contributed by atoms with Crippen LogP contribution in [-0.4, -0.2) is 25.2 Å². The first-order chi connectivity index (χ1) is 15.9. The van der Waals surface area contributed by atoms with Crippen molar-refractivity contribution in [3.63, 3.8) is 0 Å². The number of nitrogens with zero attached hydrogens (tertiary/aromatic N) is 1. The van der Waals surface area contributed by atoms with Crippen LogP contribution in [0.15, 0.2) is 70.3 Å². The number of fused-ring (bicyclic) bond motifs is 1. The second-order valence-corrected chi connectivity index (χ2v) is 11.0. The molecule has 0 saturated heterocycles. The van der Waals surface area contributed by atoms with E-state index in [-0.39, 0.29) is 22.1 Å². The number of thiazole rings is 1. The van der Waals surface area contributed by atoms with Crippen molar-refractivity contribution in [2.45, 2.75) is 23.5 Å². The van der Waals surface area contributed by atoms with Gasteiger partial charge in [-0.05, 0) is 60.7 Å². The van der Waals surface area contributed by atoms with Gasteiger partial charge in [0.25, 0.3) is 15.9 Å². The molecule has 4 rings (SSSR count). The molecule has 0 saturated carbocycles. The highest BCUT2D eigenvalue weighted by Gasteiger charge is 2.15. The van der Waals surface area contributed by atoms with Crippen molar-refractivity contribution in [1.82, 2.24) is 15.8 Å². The van der Waals surface area contributed by atoms with Gasteiger partial charge in [0.2, 0.25) is 5.91 Å². The van der Waals surface area contributed by atoms with Crippen LogP contribution in [0, 0.1) is 0 Å². The summed E-state index contributed by atoms with van der Waals surface area (Å²) in [6, 6.07) is 17.0. The zero-order valence-electron chi connectivity index (χ0n) is 17.3. The number of hydrogen-bond acceptors (Lipinski definition) is 7. The largest absolute Gasteiger partial charge is 0.279 e. The Labute approximate surface area is 198 Å². The molecule has 0 unspecified atom stereocenters. The summed E-state index contributed by atoms with van der Waals surface area (Å²) in [5, 5.41) is 2.65. The van der Waals surface area contributed by atoms with E-state index in [1.165, 1.54) is 30.3 Å². The number of benzene rings is 2. The number of amides is 2. The zero-order valence-corrected chi connectivity index (χ0v) is 19.7. The number of para-hydroxylation sites is 1. The van der Waals surface area contributed by atoms with Crippen LogP contribution in [0.2, 0.25) is 0 Å². The number of carbonyl (C=O) groups is 2. The first kappa shape index (κ1) is 22.9. The molecule has 0 atom stereocenters. The average molecular weight is 501 g/mol. The Bertz CT molecular complexity index is 1330. The number of sulfonamides is 1. The minimum absolute atomic E-state index is 0.204. The summed E-state index contributed by atoms with van der Waals surface area (Å²) in [6.07, 6.45) is 1.55. The third kappa shape index (κ3) is 5.95. The van der Waals surface area contributed by atoms with Crippen molar-refractivity contribution in [3.05, 3.63) is 76.6 Å². The van der Waals surface area contributed by atoms with E-state index in [0.29, 0.717) is 18.5 Å². The maximum absolute atomic E-state index is 12.3. The summed E-state index contributed by atoms with van der Waals surface area (Å²) in [5.74, 6) is -0.799. The Morgan fingerprint density at radius 1 is 0.939 bits per heavy atom. The molecule has 2 aromatic heterocycles. The van der Waals surface area contributed by atoms with Gasteiger partial charge >= 0.3 is 0 Å². The van der Waals surface area contributed by atoms with Gasteiger partial charge in [-0.25, -0.2) is 13.4 Å². The van der Waals surface area contributed by atoms with Gasteiger partial charge in [-0.3, -0.25) is 25.2 Å². The molecule has 2 amide bonds. The van der Waals surface area contributed by atoms with Crippen molar-refractivity contribution in [3.8, 4) is 0 Å². The van der Waals surface area contributed by atoms with Crippen LogP contribution in [0.4, 0.5) is 5.69 Å². The van der Waals surface area contributed by atoms with Crippen molar-refractivity contribution in [2.75, 3.05) is 4.72 Å². The molecule has 0 radical (unpaired) electrons. The SMILES string of the molecule is O=C(CCCc1nc2ccccc2s1)NNC(=O)c1ccc(NS(=O)(=O)c2cccs2)cc1. The van der Waals surface area contributed by atoms with Crippen molar-refractivity contribution < 1.29 is 18.0 Å². The van der Waals surface area contributed by atoms with Gasteiger partial charge in [-0.15, -0.1) is 22.7 Å². The summed E-state index contributed by atoms with van der Waals surface area (Å²) in [7, 11) is -3.65. The lowest BCUT2D eigenvalue weighted by Crippen LogP contribution is -2.41. The number of hydrazine groups is 1. The monoisotopic (exact) mass is 500 g/mol. The zero-order chi connectivity index (χ0) is 23.3. The lowest BCUT2D eigenvalue weighted by Gasteiger charge is -2.09. The Balaban J connectivity index is 1.22. The fourth-order valence-electron chi connectivity index (χ4n) is 3.00. The summed E-state index contributed by atoms with van der Waals surface area (Å²) in [5.41, 5.74) is 6.34. The summed E-state index contributed by atoms with van der Waals surface area (Å²) in [4.78, 5) is 28.8. The molecule has 3 N–H and O–H groups in total. The molecule has 2 aromatic carbocycles. The molecule has 0 fully saturated rings. The topological polar surface area (TPSA) is 117 Å². The van der Waals surface area contributed by atoms with Gasteiger partial charge in [0.1, 0.15) is 4.21 Å².